The Morgan fingerprint density at radius 2 is 2.20 bits per heavy atom. The highest BCUT2D eigenvalue weighted by atomic mass is 32.1. The van der Waals surface area contributed by atoms with E-state index in [9.17, 15) is 0 Å². The van der Waals surface area contributed by atoms with Crippen LogP contribution in [0.3, 0.4) is 0 Å². The van der Waals surface area contributed by atoms with Crippen molar-refractivity contribution in [3.8, 4) is 0 Å². The molecular weight excluding hydrogens is 266 g/mol. The molecule has 0 aliphatic heterocycles. The fourth-order valence-corrected chi connectivity index (χ4v) is 3.60. The third-order valence-corrected chi connectivity index (χ3v) is 4.62. The van der Waals surface area contributed by atoms with E-state index in [0.29, 0.717) is 0 Å². The van der Waals surface area contributed by atoms with Gasteiger partial charge in [-0.1, -0.05) is 25.1 Å². The molecule has 2 aromatic heterocycles. The van der Waals surface area contributed by atoms with Gasteiger partial charge in [-0.3, -0.25) is 0 Å². The first-order chi connectivity index (χ1) is 9.79. The summed E-state index contributed by atoms with van der Waals surface area (Å²) in [5.41, 5.74) is 1.40. The Morgan fingerprint density at radius 3 is 2.95 bits per heavy atom. The van der Waals surface area contributed by atoms with Crippen LogP contribution in [-0.2, 0) is 13.5 Å². The highest BCUT2D eigenvalue weighted by Crippen LogP contribution is 2.29. The molecule has 0 spiro atoms. The fourth-order valence-electron chi connectivity index (χ4n) is 2.62. The molecule has 0 saturated heterocycles. The Balaban J connectivity index is 1.92. The molecule has 1 aromatic carbocycles. The zero-order valence-electron chi connectivity index (χ0n) is 11.8. The van der Waals surface area contributed by atoms with Crippen molar-refractivity contribution in [2.75, 3.05) is 6.54 Å². The summed E-state index contributed by atoms with van der Waals surface area (Å²) in [6.07, 6.45) is 4.85. The number of aromatic nitrogens is 2. The van der Waals surface area contributed by atoms with Crippen LogP contribution in [0.4, 0.5) is 0 Å². The van der Waals surface area contributed by atoms with Crippen LogP contribution >= 0.6 is 11.3 Å². The van der Waals surface area contributed by atoms with Crippen molar-refractivity contribution >= 4 is 21.4 Å². The maximum absolute atomic E-state index is 4.50. The van der Waals surface area contributed by atoms with Gasteiger partial charge in [-0.2, -0.15) is 0 Å². The SMILES string of the molecule is CCNC(Cc1csc2ccccc12)c1nccn1C. The number of likely N-dealkylation sites (N-methyl/N-ethyl adjacent to an activating group) is 1. The number of hydrogen-bond donors (Lipinski definition) is 1. The Hall–Kier alpha value is -1.65. The molecule has 3 nitrogen and oxygen atoms in total. The number of benzene rings is 1. The van der Waals surface area contributed by atoms with Crippen molar-refractivity contribution < 1.29 is 0 Å². The quantitative estimate of drug-likeness (QED) is 0.777. The molecule has 0 aliphatic rings. The van der Waals surface area contributed by atoms with E-state index in [1.165, 1.54) is 15.6 Å². The highest BCUT2D eigenvalue weighted by Gasteiger charge is 2.17. The molecule has 0 radical (unpaired) electrons. The molecule has 2 heterocycles. The summed E-state index contributed by atoms with van der Waals surface area (Å²) in [5, 5.41) is 7.20. The summed E-state index contributed by atoms with van der Waals surface area (Å²) in [6, 6.07) is 8.87. The van der Waals surface area contributed by atoms with Crippen molar-refractivity contribution in [1.82, 2.24) is 14.9 Å². The summed E-state index contributed by atoms with van der Waals surface area (Å²) in [7, 11) is 2.05. The zero-order valence-corrected chi connectivity index (χ0v) is 12.7. The van der Waals surface area contributed by atoms with E-state index in [2.05, 4.69) is 58.5 Å². The third-order valence-electron chi connectivity index (χ3n) is 3.61. The van der Waals surface area contributed by atoms with Crippen molar-refractivity contribution in [2.45, 2.75) is 19.4 Å². The predicted molar refractivity (Wildman–Crippen MR) is 85.2 cm³/mol. The molecule has 1 N–H and O–H groups in total. The zero-order chi connectivity index (χ0) is 13.9. The van der Waals surface area contributed by atoms with Crippen LogP contribution in [0.25, 0.3) is 10.1 Å². The van der Waals surface area contributed by atoms with Crippen molar-refractivity contribution in [3.63, 3.8) is 0 Å². The van der Waals surface area contributed by atoms with Gasteiger partial charge in [-0.05, 0) is 35.4 Å². The van der Waals surface area contributed by atoms with Crippen LogP contribution in [0.5, 0.6) is 0 Å². The van der Waals surface area contributed by atoms with E-state index in [4.69, 9.17) is 0 Å². The lowest BCUT2D eigenvalue weighted by atomic mass is 10.0. The molecule has 4 heteroatoms. The predicted octanol–water partition coefficient (Wildman–Crippen LogP) is 3.53. The lowest BCUT2D eigenvalue weighted by molar-refractivity contribution is 0.508. The number of nitrogens with one attached hydrogen (secondary N) is 1. The molecular formula is C16H19N3S. The summed E-state index contributed by atoms with van der Waals surface area (Å²) in [4.78, 5) is 4.50. The molecule has 0 bridgehead atoms. The van der Waals surface area contributed by atoms with Gasteiger partial charge in [-0.25, -0.2) is 4.98 Å². The van der Waals surface area contributed by atoms with E-state index >= 15 is 0 Å². The number of thiophene rings is 1. The summed E-state index contributed by atoms with van der Waals surface area (Å²) in [6.45, 7) is 3.08. The van der Waals surface area contributed by atoms with Crippen LogP contribution < -0.4 is 5.32 Å². The van der Waals surface area contributed by atoms with Gasteiger partial charge in [0.05, 0.1) is 6.04 Å². The van der Waals surface area contributed by atoms with E-state index in [1.54, 1.807) is 0 Å². The number of rotatable bonds is 5. The number of hydrogen-bond acceptors (Lipinski definition) is 3. The Bertz CT molecular complexity index is 698. The number of nitrogens with zero attached hydrogens (tertiary/aromatic N) is 2. The number of fused-ring (bicyclic) bond motifs is 1. The molecule has 20 heavy (non-hydrogen) atoms. The minimum atomic E-state index is 0.262. The van der Waals surface area contributed by atoms with Gasteiger partial charge in [0.15, 0.2) is 0 Å². The van der Waals surface area contributed by atoms with E-state index < -0.39 is 0 Å². The van der Waals surface area contributed by atoms with Crippen molar-refractivity contribution in [3.05, 3.63) is 53.4 Å². The van der Waals surface area contributed by atoms with Crippen LogP contribution in [-0.4, -0.2) is 16.1 Å². The second-order valence-corrected chi connectivity index (χ2v) is 5.88. The summed E-state index contributed by atoms with van der Waals surface area (Å²) in [5.74, 6) is 1.10. The molecule has 1 unspecified atom stereocenters. The molecule has 104 valence electrons. The minimum absolute atomic E-state index is 0.262. The Kier molecular flexibility index (Phi) is 3.85. The first-order valence-electron chi connectivity index (χ1n) is 6.95. The molecule has 1 atom stereocenters. The smallest absolute Gasteiger partial charge is 0.125 e. The van der Waals surface area contributed by atoms with Gasteiger partial charge in [0.2, 0.25) is 0 Å². The molecule has 0 fully saturated rings. The molecule has 0 aliphatic carbocycles. The third kappa shape index (κ3) is 2.49. The number of aryl methyl sites for hydroxylation is 1. The van der Waals surface area contributed by atoms with E-state index in [-0.39, 0.29) is 6.04 Å². The summed E-state index contributed by atoms with van der Waals surface area (Å²) >= 11 is 1.82. The molecule has 0 amide bonds. The molecule has 0 saturated carbocycles. The second kappa shape index (κ2) is 5.77. The van der Waals surface area contributed by atoms with Gasteiger partial charge in [0.1, 0.15) is 5.82 Å². The average molecular weight is 285 g/mol. The van der Waals surface area contributed by atoms with E-state index in [1.807, 2.05) is 23.7 Å². The number of imidazole rings is 1. The Morgan fingerprint density at radius 1 is 1.35 bits per heavy atom. The van der Waals surface area contributed by atoms with Crippen LogP contribution in [0.1, 0.15) is 24.4 Å². The Labute approximate surface area is 123 Å². The monoisotopic (exact) mass is 285 g/mol. The van der Waals surface area contributed by atoms with Crippen LogP contribution in [0.2, 0.25) is 0 Å². The van der Waals surface area contributed by atoms with Gasteiger partial charge < -0.3 is 9.88 Å². The van der Waals surface area contributed by atoms with Crippen LogP contribution in [0.15, 0.2) is 42.0 Å². The molecule has 3 rings (SSSR count). The maximum atomic E-state index is 4.50. The average Bonchev–Trinajstić information content (AvgIpc) is 3.05. The molecule has 3 aromatic rings. The van der Waals surface area contributed by atoms with Crippen LogP contribution in [0, 0.1) is 0 Å². The first kappa shape index (κ1) is 13.3. The van der Waals surface area contributed by atoms with Crippen molar-refractivity contribution in [1.29, 1.82) is 0 Å². The first-order valence-corrected chi connectivity index (χ1v) is 7.83. The normalized spacial score (nSPS) is 12.9. The minimum Gasteiger partial charge on any atom is -0.337 e. The summed E-state index contributed by atoms with van der Waals surface area (Å²) < 4.78 is 3.46. The van der Waals surface area contributed by atoms with Gasteiger partial charge >= 0.3 is 0 Å². The van der Waals surface area contributed by atoms with Gasteiger partial charge in [0, 0.05) is 24.1 Å². The lowest BCUT2D eigenvalue weighted by Gasteiger charge is -2.17. The maximum Gasteiger partial charge on any atom is 0.125 e. The topological polar surface area (TPSA) is 29.9 Å². The van der Waals surface area contributed by atoms with E-state index in [0.717, 1.165) is 18.8 Å². The standard InChI is InChI=1S/C16H19N3S/c1-3-17-14(16-18-8-9-19(16)2)10-12-11-20-15-7-5-4-6-13(12)15/h4-9,11,14,17H,3,10H2,1-2H3. The van der Waals surface area contributed by atoms with Crippen molar-refractivity contribution in [2.24, 2.45) is 7.05 Å². The van der Waals surface area contributed by atoms with Gasteiger partial charge in [0.25, 0.3) is 0 Å². The fraction of sp³-hybridized carbons (Fsp3) is 0.312. The van der Waals surface area contributed by atoms with Gasteiger partial charge in [-0.15, -0.1) is 11.3 Å². The highest BCUT2D eigenvalue weighted by molar-refractivity contribution is 7.17. The largest absolute Gasteiger partial charge is 0.337 e. The lowest BCUT2D eigenvalue weighted by Crippen LogP contribution is -2.25. The second-order valence-electron chi connectivity index (χ2n) is 4.97.